The van der Waals surface area contributed by atoms with Crippen molar-refractivity contribution in [2.45, 2.75) is 25.9 Å². The molecule has 1 aromatic rings. The fraction of sp³-hybridized carbons (Fsp3) is 0.455. The number of ether oxygens (including phenoxy) is 1. The average molecular weight is 179 g/mol. The molecule has 1 atom stereocenters. The highest BCUT2D eigenvalue weighted by atomic mass is 16.5. The van der Waals surface area contributed by atoms with Crippen LogP contribution in [0.4, 0.5) is 0 Å². The van der Waals surface area contributed by atoms with E-state index >= 15 is 0 Å². The fourth-order valence-electron chi connectivity index (χ4n) is 1.25. The van der Waals surface area contributed by atoms with Crippen molar-refractivity contribution in [3.05, 3.63) is 29.8 Å². The summed E-state index contributed by atoms with van der Waals surface area (Å²) in [5, 5.41) is 11.5. The van der Waals surface area contributed by atoms with Gasteiger partial charge in [0.15, 0.2) is 0 Å². The van der Waals surface area contributed by atoms with Gasteiger partial charge in [0, 0.05) is 0 Å². The number of rotatable bonds is 4. The van der Waals surface area contributed by atoms with Crippen molar-refractivity contribution in [1.82, 2.24) is 0 Å². The van der Waals surface area contributed by atoms with Crippen LogP contribution in [0.25, 0.3) is 0 Å². The predicted octanol–water partition coefficient (Wildman–Crippen LogP) is 2.97. The van der Waals surface area contributed by atoms with Gasteiger partial charge in [-0.25, -0.2) is 5.11 Å². The molecule has 0 heterocycles. The van der Waals surface area contributed by atoms with E-state index in [1.165, 1.54) is 0 Å². The van der Waals surface area contributed by atoms with E-state index in [1.807, 2.05) is 31.2 Å². The monoisotopic (exact) mass is 179 g/mol. The molecule has 0 spiro atoms. The topological polar surface area (TPSA) is 29.1 Å². The van der Waals surface area contributed by atoms with Crippen LogP contribution in [0.2, 0.25) is 0 Å². The standard InChI is InChI=1S/C11H15O2/c1-3-4-11(12)9-5-7-10(13-2)8-6-9/h5-8,11H,3-4H2,1-2H3. The Balaban J connectivity index is 2.67. The van der Waals surface area contributed by atoms with E-state index in [-0.39, 0.29) is 0 Å². The fourth-order valence-corrected chi connectivity index (χ4v) is 1.25. The Morgan fingerprint density at radius 1 is 1.31 bits per heavy atom. The van der Waals surface area contributed by atoms with Gasteiger partial charge in [0.05, 0.1) is 7.11 Å². The number of methoxy groups -OCH3 is 1. The van der Waals surface area contributed by atoms with E-state index < -0.39 is 6.10 Å². The molecule has 0 amide bonds. The summed E-state index contributed by atoms with van der Waals surface area (Å²) in [7, 11) is 1.62. The first-order valence-electron chi connectivity index (χ1n) is 4.57. The molecule has 0 aromatic heterocycles. The lowest BCUT2D eigenvalue weighted by molar-refractivity contribution is 0.0805. The predicted molar refractivity (Wildman–Crippen MR) is 51.3 cm³/mol. The van der Waals surface area contributed by atoms with Gasteiger partial charge in [-0.05, 0) is 24.1 Å². The zero-order valence-corrected chi connectivity index (χ0v) is 8.12. The lowest BCUT2D eigenvalue weighted by Gasteiger charge is -2.07. The zero-order valence-electron chi connectivity index (χ0n) is 8.12. The summed E-state index contributed by atoms with van der Waals surface area (Å²) in [6, 6.07) is 7.34. The van der Waals surface area contributed by atoms with Crippen molar-refractivity contribution in [2.75, 3.05) is 7.11 Å². The molecule has 2 nitrogen and oxygen atoms in total. The third-order valence-electron chi connectivity index (χ3n) is 2.04. The molecule has 0 aliphatic carbocycles. The summed E-state index contributed by atoms with van der Waals surface area (Å²) in [5.41, 5.74) is 0.850. The molecular weight excluding hydrogens is 164 g/mol. The second-order valence-electron chi connectivity index (χ2n) is 3.05. The molecule has 1 unspecified atom stereocenters. The summed E-state index contributed by atoms with van der Waals surface area (Å²) in [6.07, 6.45) is 1.04. The first-order chi connectivity index (χ1) is 6.27. The van der Waals surface area contributed by atoms with Gasteiger partial charge >= 0.3 is 0 Å². The molecule has 0 N–H and O–H groups in total. The van der Waals surface area contributed by atoms with E-state index in [4.69, 9.17) is 4.74 Å². The Morgan fingerprint density at radius 2 is 1.92 bits per heavy atom. The van der Waals surface area contributed by atoms with Crippen molar-refractivity contribution < 1.29 is 9.84 Å². The second-order valence-corrected chi connectivity index (χ2v) is 3.05. The van der Waals surface area contributed by atoms with Crippen LogP contribution < -0.4 is 4.74 Å². The van der Waals surface area contributed by atoms with Gasteiger partial charge in [0.2, 0.25) is 0 Å². The van der Waals surface area contributed by atoms with Gasteiger partial charge in [-0.15, -0.1) is 0 Å². The first-order valence-corrected chi connectivity index (χ1v) is 4.57. The van der Waals surface area contributed by atoms with Crippen molar-refractivity contribution in [1.29, 1.82) is 0 Å². The minimum Gasteiger partial charge on any atom is -0.497 e. The van der Waals surface area contributed by atoms with Gasteiger partial charge < -0.3 is 4.74 Å². The number of benzene rings is 1. The Kier molecular flexibility index (Phi) is 3.77. The van der Waals surface area contributed by atoms with Gasteiger partial charge in [-0.1, -0.05) is 25.5 Å². The van der Waals surface area contributed by atoms with Crippen LogP contribution >= 0.6 is 0 Å². The summed E-state index contributed by atoms with van der Waals surface area (Å²) >= 11 is 0. The van der Waals surface area contributed by atoms with Crippen molar-refractivity contribution >= 4 is 0 Å². The highest BCUT2D eigenvalue weighted by Gasteiger charge is 2.07. The molecule has 0 fully saturated rings. The molecule has 1 radical (unpaired) electrons. The van der Waals surface area contributed by atoms with E-state index in [2.05, 4.69) is 0 Å². The maximum atomic E-state index is 11.5. The van der Waals surface area contributed by atoms with Crippen LogP contribution in [0.15, 0.2) is 24.3 Å². The summed E-state index contributed by atoms with van der Waals surface area (Å²) in [5.74, 6) is 0.799. The molecule has 13 heavy (non-hydrogen) atoms. The van der Waals surface area contributed by atoms with Crippen molar-refractivity contribution in [2.24, 2.45) is 0 Å². The molecule has 0 aliphatic rings. The molecule has 2 heteroatoms. The zero-order chi connectivity index (χ0) is 9.68. The Hall–Kier alpha value is -1.02. The highest BCUT2D eigenvalue weighted by Crippen LogP contribution is 2.21. The molecule has 0 saturated heterocycles. The minimum atomic E-state index is -0.587. The molecular formula is C11H15O2. The Bertz CT molecular complexity index is 241. The van der Waals surface area contributed by atoms with Crippen molar-refractivity contribution in [3.8, 4) is 5.75 Å². The van der Waals surface area contributed by atoms with Gasteiger partial charge in [-0.3, -0.25) is 0 Å². The van der Waals surface area contributed by atoms with E-state index in [1.54, 1.807) is 7.11 Å². The minimum absolute atomic E-state index is 0.587. The summed E-state index contributed by atoms with van der Waals surface area (Å²) in [4.78, 5) is 0. The quantitative estimate of drug-likeness (QED) is 0.698. The molecule has 71 valence electrons. The van der Waals surface area contributed by atoms with Crippen LogP contribution in [0.5, 0.6) is 5.75 Å². The lowest BCUT2D eigenvalue weighted by atomic mass is 10.1. The van der Waals surface area contributed by atoms with Gasteiger partial charge in [0.1, 0.15) is 11.9 Å². The van der Waals surface area contributed by atoms with E-state index in [0.29, 0.717) is 6.42 Å². The van der Waals surface area contributed by atoms with Gasteiger partial charge in [-0.2, -0.15) is 0 Å². The third-order valence-corrected chi connectivity index (χ3v) is 2.04. The molecule has 0 saturated carbocycles. The average Bonchev–Trinajstić information content (AvgIpc) is 2.18. The highest BCUT2D eigenvalue weighted by molar-refractivity contribution is 5.28. The first kappa shape index (κ1) is 10.1. The molecule has 1 aromatic carbocycles. The van der Waals surface area contributed by atoms with Crippen LogP contribution in [0.1, 0.15) is 31.4 Å². The number of hydrogen-bond acceptors (Lipinski definition) is 1. The largest absolute Gasteiger partial charge is 0.497 e. The van der Waals surface area contributed by atoms with Crippen LogP contribution in [-0.4, -0.2) is 7.11 Å². The summed E-state index contributed by atoms with van der Waals surface area (Å²) in [6.45, 7) is 2.02. The third kappa shape index (κ3) is 2.74. The van der Waals surface area contributed by atoms with E-state index in [0.717, 1.165) is 17.7 Å². The molecule has 1 rings (SSSR count). The van der Waals surface area contributed by atoms with Crippen LogP contribution in [-0.2, 0) is 5.11 Å². The van der Waals surface area contributed by atoms with E-state index in [9.17, 15) is 5.11 Å². The number of hydrogen-bond donors (Lipinski definition) is 0. The lowest BCUT2D eigenvalue weighted by Crippen LogP contribution is -1.94. The van der Waals surface area contributed by atoms with Crippen LogP contribution in [0, 0.1) is 0 Å². The van der Waals surface area contributed by atoms with Crippen LogP contribution in [0.3, 0.4) is 0 Å². The molecule has 0 bridgehead atoms. The summed E-state index contributed by atoms with van der Waals surface area (Å²) < 4.78 is 5.01. The molecule has 0 aliphatic heterocycles. The Labute approximate surface area is 79.2 Å². The SMILES string of the molecule is CCCC([O])c1ccc(OC)cc1. The maximum absolute atomic E-state index is 11.5. The maximum Gasteiger partial charge on any atom is 0.118 e. The van der Waals surface area contributed by atoms with Crippen molar-refractivity contribution in [3.63, 3.8) is 0 Å². The van der Waals surface area contributed by atoms with Gasteiger partial charge in [0.25, 0.3) is 0 Å². The Morgan fingerprint density at radius 3 is 2.38 bits per heavy atom. The normalized spacial score (nSPS) is 12.5. The second kappa shape index (κ2) is 4.87. The smallest absolute Gasteiger partial charge is 0.118 e.